The zero-order valence-corrected chi connectivity index (χ0v) is 17.8. The van der Waals surface area contributed by atoms with Gasteiger partial charge in [-0.2, -0.15) is 4.99 Å². The molecule has 0 spiro atoms. The second-order valence-corrected chi connectivity index (χ2v) is 6.54. The van der Waals surface area contributed by atoms with Crippen LogP contribution in [-0.2, 0) is 4.74 Å². The van der Waals surface area contributed by atoms with Crippen molar-refractivity contribution in [1.29, 1.82) is 0 Å². The van der Waals surface area contributed by atoms with Crippen LogP contribution in [0.4, 0.5) is 16.4 Å². The van der Waals surface area contributed by atoms with E-state index in [1.807, 2.05) is 0 Å². The highest BCUT2D eigenvalue weighted by atomic mass is 16.6. The van der Waals surface area contributed by atoms with E-state index in [9.17, 15) is 9.59 Å². The molecule has 2 heterocycles. The van der Waals surface area contributed by atoms with Crippen molar-refractivity contribution in [1.82, 2.24) is 9.97 Å². The number of hydrogen-bond donors (Lipinski definition) is 3. The summed E-state index contributed by atoms with van der Waals surface area (Å²) in [5, 5.41) is 2.48. The van der Waals surface area contributed by atoms with Crippen LogP contribution in [0.15, 0.2) is 72.5 Å². The van der Waals surface area contributed by atoms with Gasteiger partial charge in [0.15, 0.2) is 0 Å². The smallest absolute Gasteiger partial charge is 0.418 e. The number of aromatic nitrogens is 2. The topological polar surface area (TPSA) is 155 Å². The van der Waals surface area contributed by atoms with Crippen LogP contribution in [0.25, 0.3) is 5.76 Å². The SMILES string of the molecule is C=C(OCC)c1cc(C(N)=NC(=O)c2cccnc2)c(NC(=O)Oc2ccccc2)nc1N. The number of amides is 2. The number of anilines is 2. The number of carbonyl (C=O) groups excluding carboxylic acids is 2. The third-order valence-corrected chi connectivity index (χ3v) is 4.25. The molecule has 2 aromatic heterocycles. The summed E-state index contributed by atoms with van der Waals surface area (Å²) in [7, 11) is 0. The molecule has 0 aliphatic rings. The Bertz CT molecular complexity index is 1200. The predicted molar refractivity (Wildman–Crippen MR) is 125 cm³/mol. The summed E-state index contributed by atoms with van der Waals surface area (Å²) in [6.07, 6.45) is 2.05. The lowest BCUT2D eigenvalue weighted by Gasteiger charge is -2.15. The lowest BCUT2D eigenvalue weighted by atomic mass is 10.1. The summed E-state index contributed by atoms with van der Waals surface area (Å²) in [5.41, 5.74) is 12.9. The Kier molecular flexibility index (Phi) is 7.32. The average molecular weight is 446 g/mol. The van der Waals surface area contributed by atoms with Gasteiger partial charge in [0.1, 0.15) is 29.0 Å². The molecular weight excluding hydrogens is 424 g/mol. The molecule has 0 aliphatic heterocycles. The fourth-order valence-corrected chi connectivity index (χ4v) is 2.73. The summed E-state index contributed by atoms with van der Waals surface area (Å²) in [6, 6.07) is 13.1. The lowest BCUT2D eigenvalue weighted by molar-refractivity contribution is 0.100. The lowest BCUT2D eigenvalue weighted by Crippen LogP contribution is -2.24. The minimum absolute atomic E-state index is 0.0265. The number of nitrogens with zero attached hydrogens (tertiary/aromatic N) is 3. The number of carbonyl (C=O) groups is 2. The van der Waals surface area contributed by atoms with Crippen molar-refractivity contribution in [2.45, 2.75) is 6.92 Å². The van der Waals surface area contributed by atoms with E-state index < -0.39 is 12.0 Å². The molecule has 0 bridgehead atoms. The normalized spacial score (nSPS) is 10.9. The van der Waals surface area contributed by atoms with Gasteiger partial charge in [-0.25, -0.2) is 9.78 Å². The van der Waals surface area contributed by atoms with Crippen molar-refractivity contribution < 1.29 is 19.1 Å². The molecule has 0 saturated carbocycles. The number of nitrogen functional groups attached to an aromatic ring is 1. The van der Waals surface area contributed by atoms with Gasteiger partial charge in [0.2, 0.25) is 0 Å². The molecular formula is C23H22N6O4. The number of rotatable bonds is 7. The van der Waals surface area contributed by atoms with Crippen molar-refractivity contribution in [3.8, 4) is 5.75 Å². The maximum Gasteiger partial charge on any atom is 0.418 e. The van der Waals surface area contributed by atoms with Crippen LogP contribution in [0, 0.1) is 0 Å². The Balaban J connectivity index is 1.98. The zero-order valence-electron chi connectivity index (χ0n) is 17.8. The van der Waals surface area contributed by atoms with Crippen molar-refractivity contribution in [3.05, 3.63) is 84.2 Å². The summed E-state index contributed by atoms with van der Waals surface area (Å²) in [4.78, 5) is 36.9. The van der Waals surface area contributed by atoms with Gasteiger partial charge in [-0.15, -0.1) is 0 Å². The second kappa shape index (κ2) is 10.5. The molecule has 0 saturated heterocycles. The van der Waals surface area contributed by atoms with E-state index in [1.165, 1.54) is 18.5 Å². The fraction of sp³-hybridized carbons (Fsp3) is 0.0870. The zero-order chi connectivity index (χ0) is 23.8. The van der Waals surface area contributed by atoms with Gasteiger partial charge in [-0.3, -0.25) is 15.1 Å². The maximum atomic E-state index is 12.5. The van der Waals surface area contributed by atoms with E-state index in [-0.39, 0.29) is 34.4 Å². The Morgan fingerprint density at radius 1 is 1.15 bits per heavy atom. The quantitative estimate of drug-likeness (QED) is 0.284. The fourth-order valence-electron chi connectivity index (χ4n) is 2.73. The molecule has 0 fully saturated rings. The number of nitrogens with one attached hydrogen (secondary N) is 1. The van der Waals surface area contributed by atoms with E-state index in [1.54, 1.807) is 49.4 Å². The number of aliphatic imine (C=N–C) groups is 1. The van der Waals surface area contributed by atoms with Crippen molar-refractivity contribution in [3.63, 3.8) is 0 Å². The van der Waals surface area contributed by atoms with Gasteiger partial charge >= 0.3 is 6.09 Å². The van der Waals surface area contributed by atoms with Crippen molar-refractivity contribution in [2.75, 3.05) is 17.7 Å². The van der Waals surface area contributed by atoms with Gasteiger partial charge in [-0.05, 0) is 37.3 Å². The van der Waals surface area contributed by atoms with Crippen molar-refractivity contribution >= 4 is 35.2 Å². The van der Waals surface area contributed by atoms with Gasteiger partial charge in [0.25, 0.3) is 5.91 Å². The van der Waals surface area contributed by atoms with E-state index in [0.717, 1.165) is 0 Å². The number of benzene rings is 1. The summed E-state index contributed by atoms with van der Waals surface area (Å²) >= 11 is 0. The van der Waals surface area contributed by atoms with E-state index in [0.29, 0.717) is 17.9 Å². The van der Waals surface area contributed by atoms with Gasteiger partial charge in [0.05, 0.1) is 23.3 Å². The third-order valence-electron chi connectivity index (χ3n) is 4.25. The summed E-state index contributed by atoms with van der Waals surface area (Å²) in [5.74, 6) is -0.301. The molecule has 3 aromatic rings. The molecule has 0 aliphatic carbocycles. The van der Waals surface area contributed by atoms with E-state index in [4.69, 9.17) is 20.9 Å². The molecule has 1 aromatic carbocycles. The van der Waals surface area contributed by atoms with Gasteiger partial charge in [0, 0.05) is 12.4 Å². The summed E-state index contributed by atoms with van der Waals surface area (Å²) in [6.45, 7) is 5.95. The first-order chi connectivity index (χ1) is 15.9. The number of hydrogen-bond acceptors (Lipinski definition) is 7. The summed E-state index contributed by atoms with van der Waals surface area (Å²) < 4.78 is 10.6. The van der Waals surface area contributed by atoms with Crippen LogP contribution in [0.1, 0.15) is 28.4 Å². The highest BCUT2D eigenvalue weighted by molar-refractivity contribution is 6.12. The van der Waals surface area contributed by atoms with E-state index >= 15 is 0 Å². The molecule has 2 amide bonds. The van der Waals surface area contributed by atoms with Crippen LogP contribution < -0.4 is 21.5 Å². The largest absolute Gasteiger partial charge is 0.494 e. The molecule has 0 radical (unpaired) electrons. The monoisotopic (exact) mass is 446 g/mol. The minimum atomic E-state index is -0.836. The average Bonchev–Trinajstić information content (AvgIpc) is 2.80. The molecule has 33 heavy (non-hydrogen) atoms. The number of amidine groups is 1. The molecule has 10 heteroatoms. The van der Waals surface area contributed by atoms with Crippen LogP contribution in [-0.4, -0.2) is 34.4 Å². The Labute approximate surface area is 190 Å². The number of nitrogens with two attached hydrogens (primary N) is 2. The molecule has 168 valence electrons. The van der Waals surface area contributed by atoms with Gasteiger partial charge in [-0.1, -0.05) is 24.8 Å². The molecule has 0 atom stereocenters. The predicted octanol–water partition coefficient (Wildman–Crippen LogP) is 3.22. The molecule has 3 rings (SSSR count). The first-order valence-corrected chi connectivity index (χ1v) is 9.84. The highest BCUT2D eigenvalue weighted by Gasteiger charge is 2.19. The number of para-hydroxylation sites is 1. The van der Waals surface area contributed by atoms with Crippen molar-refractivity contribution in [2.24, 2.45) is 10.7 Å². The Hall–Kier alpha value is -4.73. The number of ether oxygens (including phenoxy) is 2. The molecule has 10 nitrogen and oxygen atoms in total. The minimum Gasteiger partial charge on any atom is -0.494 e. The molecule has 0 unspecified atom stereocenters. The van der Waals surface area contributed by atoms with E-state index in [2.05, 4.69) is 26.9 Å². The van der Waals surface area contributed by atoms with Crippen LogP contribution in [0.2, 0.25) is 0 Å². The first kappa shape index (κ1) is 22.9. The third kappa shape index (κ3) is 5.91. The Morgan fingerprint density at radius 3 is 2.58 bits per heavy atom. The van der Waals surface area contributed by atoms with Gasteiger partial charge < -0.3 is 20.9 Å². The van der Waals surface area contributed by atoms with Crippen LogP contribution in [0.5, 0.6) is 5.75 Å². The maximum absolute atomic E-state index is 12.5. The first-order valence-electron chi connectivity index (χ1n) is 9.84. The second-order valence-electron chi connectivity index (χ2n) is 6.54. The standard InChI is InChI=1S/C23H22N6O4/c1-3-32-14(2)17-12-18(20(25)28-22(30)15-8-7-11-26-13-15)21(27-19(17)24)29-23(31)33-16-9-5-4-6-10-16/h4-13H,2-3H2,1H3,(H2,25,28,30)(H3,24,27,29,31). The van der Waals surface area contributed by atoms with Crippen LogP contribution in [0.3, 0.4) is 0 Å². The highest BCUT2D eigenvalue weighted by Crippen LogP contribution is 2.26. The Morgan fingerprint density at radius 2 is 1.91 bits per heavy atom. The molecule has 5 N–H and O–H groups in total. The number of pyridine rings is 2. The van der Waals surface area contributed by atoms with Crippen LogP contribution >= 0.6 is 0 Å².